The standard InChI is InChI=1S/C15H16ClN3O2/c1-10(2)21-14-4-3-11(7-12(14)16)8-19-15(20)13-9-17-5-6-18-13/h3-7,9-10H,8H2,1-2H3,(H,19,20). The summed E-state index contributed by atoms with van der Waals surface area (Å²) in [5.41, 5.74) is 1.16. The van der Waals surface area contributed by atoms with Crippen LogP contribution < -0.4 is 10.1 Å². The summed E-state index contributed by atoms with van der Waals surface area (Å²) >= 11 is 6.15. The fourth-order valence-electron chi connectivity index (χ4n) is 1.69. The van der Waals surface area contributed by atoms with Crippen molar-refractivity contribution in [3.63, 3.8) is 0 Å². The molecule has 0 spiro atoms. The van der Waals surface area contributed by atoms with Gasteiger partial charge in [-0.2, -0.15) is 0 Å². The number of nitrogens with zero attached hydrogens (tertiary/aromatic N) is 2. The molecule has 0 radical (unpaired) electrons. The Morgan fingerprint density at radius 1 is 1.38 bits per heavy atom. The first-order valence-corrected chi connectivity index (χ1v) is 6.93. The number of benzene rings is 1. The van der Waals surface area contributed by atoms with Gasteiger partial charge in [-0.3, -0.25) is 9.78 Å². The molecule has 110 valence electrons. The summed E-state index contributed by atoms with van der Waals surface area (Å²) < 4.78 is 5.56. The lowest BCUT2D eigenvalue weighted by Crippen LogP contribution is -2.23. The van der Waals surface area contributed by atoms with Crippen molar-refractivity contribution in [1.29, 1.82) is 0 Å². The van der Waals surface area contributed by atoms with E-state index in [2.05, 4.69) is 15.3 Å². The van der Waals surface area contributed by atoms with E-state index in [9.17, 15) is 4.79 Å². The number of nitrogens with one attached hydrogen (secondary N) is 1. The molecule has 1 amide bonds. The van der Waals surface area contributed by atoms with Gasteiger partial charge in [0.2, 0.25) is 0 Å². The molecule has 1 aromatic carbocycles. The molecule has 0 saturated heterocycles. The van der Waals surface area contributed by atoms with Crippen molar-refractivity contribution in [2.45, 2.75) is 26.5 Å². The van der Waals surface area contributed by atoms with Crippen LogP contribution in [-0.4, -0.2) is 22.0 Å². The average molecular weight is 306 g/mol. The maximum atomic E-state index is 11.8. The molecular weight excluding hydrogens is 290 g/mol. The maximum Gasteiger partial charge on any atom is 0.271 e. The Labute approximate surface area is 128 Å². The van der Waals surface area contributed by atoms with Gasteiger partial charge < -0.3 is 10.1 Å². The highest BCUT2D eigenvalue weighted by molar-refractivity contribution is 6.32. The molecule has 1 N–H and O–H groups in total. The van der Waals surface area contributed by atoms with Crippen LogP contribution in [0.1, 0.15) is 29.9 Å². The zero-order valence-corrected chi connectivity index (χ0v) is 12.6. The monoisotopic (exact) mass is 305 g/mol. The molecule has 0 bridgehead atoms. The lowest BCUT2D eigenvalue weighted by Gasteiger charge is -2.12. The summed E-state index contributed by atoms with van der Waals surface area (Å²) in [6.45, 7) is 4.23. The Hall–Kier alpha value is -2.14. The number of halogens is 1. The number of rotatable bonds is 5. The topological polar surface area (TPSA) is 64.1 Å². The lowest BCUT2D eigenvalue weighted by atomic mass is 10.2. The Morgan fingerprint density at radius 3 is 2.81 bits per heavy atom. The van der Waals surface area contributed by atoms with Crippen molar-refractivity contribution in [1.82, 2.24) is 15.3 Å². The molecule has 1 heterocycles. The van der Waals surface area contributed by atoms with Crippen LogP contribution in [0.3, 0.4) is 0 Å². The molecule has 2 aromatic rings. The molecule has 0 aliphatic rings. The number of carbonyl (C=O) groups excluding carboxylic acids is 1. The highest BCUT2D eigenvalue weighted by Gasteiger charge is 2.08. The molecule has 2 rings (SSSR count). The van der Waals surface area contributed by atoms with E-state index in [1.54, 1.807) is 12.1 Å². The van der Waals surface area contributed by atoms with Gasteiger partial charge >= 0.3 is 0 Å². The second kappa shape index (κ2) is 7.04. The van der Waals surface area contributed by atoms with Crippen molar-refractivity contribution in [2.24, 2.45) is 0 Å². The van der Waals surface area contributed by atoms with Gasteiger partial charge in [0.25, 0.3) is 5.91 Å². The minimum absolute atomic E-state index is 0.0599. The molecule has 0 atom stereocenters. The fraction of sp³-hybridized carbons (Fsp3) is 0.267. The van der Waals surface area contributed by atoms with E-state index in [1.165, 1.54) is 18.6 Å². The van der Waals surface area contributed by atoms with Crippen LogP contribution >= 0.6 is 11.6 Å². The Morgan fingerprint density at radius 2 is 2.19 bits per heavy atom. The minimum atomic E-state index is -0.276. The van der Waals surface area contributed by atoms with E-state index >= 15 is 0 Å². The van der Waals surface area contributed by atoms with Crippen LogP contribution in [0.15, 0.2) is 36.8 Å². The number of ether oxygens (including phenoxy) is 1. The van der Waals surface area contributed by atoms with Crippen LogP contribution in [0.25, 0.3) is 0 Å². The highest BCUT2D eigenvalue weighted by atomic mass is 35.5. The molecule has 0 unspecified atom stereocenters. The highest BCUT2D eigenvalue weighted by Crippen LogP contribution is 2.26. The molecule has 0 aliphatic heterocycles. The predicted molar refractivity (Wildman–Crippen MR) is 80.4 cm³/mol. The van der Waals surface area contributed by atoms with Gasteiger partial charge in [0.05, 0.1) is 17.3 Å². The normalized spacial score (nSPS) is 10.5. The molecule has 0 fully saturated rings. The first-order chi connectivity index (χ1) is 10.1. The van der Waals surface area contributed by atoms with Gasteiger partial charge in [-0.05, 0) is 31.5 Å². The molecule has 0 saturated carbocycles. The van der Waals surface area contributed by atoms with E-state index in [0.717, 1.165) is 5.56 Å². The van der Waals surface area contributed by atoms with Gasteiger partial charge in [0.1, 0.15) is 11.4 Å². The first-order valence-electron chi connectivity index (χ1n) is 6.55. The number of hydrogen-bond acceptors (Lipinski definition) is 4. The van der Waals surface area contributed by atoms with Gasteiger partial charge in [0.15, 0.2) is 0 Å². The Bertz CT molecular complexity index is 618. The lowest BCUT2D eigenvalue weighted by molar-refractivity contribution is 0.0945. The van der Waals surface area contributed by atoms with Crippen molar-refractivity contribution in [2.75, 3.05) is 0 Å². The van der Waals surface area contributed by atoms with Gasteiger partial charge in [-0.15, -0.1) is 0 Å². The SMILES string of the molecule is CC(C)Oc1ccc(CNC(=O)c2cnccn2)cc1Cl. The summed E-state index contributed by atoms with van der Waals surface area (Å²) in [5.74, 6) is 0.359. The molecule has 5 nitrogen and oxygen atoms in total. The summed E-state index contributed by atoms with van der Waals surface area (Å²) in [6.07, 6.45) is 4.47. The predicted octanol–water partition coefficient (Wildman–Crippen LogP) is 2.85. The van der Waals surface area contributed by atoms with Crippen molar-refractivity contribution in [3.8, 4) is 5.75 Å². The van der Waals surface area contributed by atoms with Crippen LogP contribution in [0.5, 0.6) is 5.75 Å². The second-order valence-electron chi connectivity index (χ2n) is 4.70. The smallest absolute Gasteiger partial charge is 0.271 e. The average Bonchev–Trinajstić information content (AvgIpc) is 2.48. The largest absolute Gasteiger partial charge is 0.489 e. The second-order valence-corrected chi connectivity index (χ2v) is 5.11. The van der Waals surface area contributed by atoms with Crippen molar-refractivity contribution < 1.29 is 9.53 Å². The molecule has 0 aliphatic carbocycles. The molecule has 21 heavy (non-hydrogen) atoms. The van der Waals surface area contributed by atoms with Gasteiger partial charge in [-0.25, -0.2) is 4.98 Å². The van der Waals surface area contributed by atoms with Crippen LogP contribution in [0, 0.1) is 0 Å². The van der Waals surface area contributed by atoms with E-state index < -0.39 is 0 Å². The summed E-state index contributed by atoms with van der Waals surface area (Å²) in [7, 11) is 0. The first kappa shape index (κ1) is 15.3. The Balaban J connectivity index is 1.98. The number of aromatic nitrogens is 2. The molecular formula is C15H16ClN3O2. The molecule has 6 heteroatoms. The van der Waals surface area contributed by atoms with E-state index in [1.807, 2.05) is 19.9 Å². The summed E-state index contributed by atoms with van der Waals surface area (Å²) in [5, 5.41) is 3.28. The zero-order chi connectivity index (χ0) is 15.2. The Kier molecular flexibility index (Phi) is 5.11. The summed E-state index contributed by atoms with van der Waals surface area (Å²) in [6, 6.07) is 5.43. The van der Waals surface area contributed by atoms with Gasteiger partial charge in [0, 0.05) is 18.9 Å². The van der Waals surface area contributed by atoms with Crippen LogP contribution in [0.2, 0.25) is 5.02 Å². The van der Waals surface area contributed by atoms with E-state index in [-0.39, 0.29) is 17.7 Å². The van der Waals surface area contributed by atoms with Crippen molar-refractivity contribution >= 4 is 17.5 Å². The van der Waals surface area contributed by atoms with Crippen LogP contribution in [0.4, 0.5) is 0 Å². The zero-order valence-electron chi connectivity index (χ0n) is 11.8. The maximum absolute atomic E-state index is 11.8. The van der Waals surface area contributed by atoms with Gasteiger partial charge in [-0.1, -0.05) is 17.7 Å². The number of hydrogen-bond donors (Lipinski definition) is 1. The number of carbonyl (C=O) groups is 1. The third-order valence-corrected chi connectivity index (χ3v) is 2.90. The fourth-order valence-corrected chi connectivity index (χ4v) is 1.94. The third kappa shape index (κ3) is 4.43. The molecule has 1 aromatic heterocycles. The van der Waals surface area contributed by atoms with Crippen LogP contribution in [-0.2, 0) is 6.54 Å². The minimum Gasteiger partial charge on any atom is -0.489 e. The quantitative estimate of drug-likeness (QED) is 0.922. The third-order valence-electron chi connectivity index (χ3n) is 2.61. The summed E-state index contributed by atoms with van der Waals surface area (Å²) in [4.78, 5) is 19.6. The van der Waals surface area contributed by atoms with Crippen molar-refractivity contribution in [3.05, 3.63) is 53.1 Å². The van der Waals surface area contributed by atoms with E-state index in [0.29, 0.717) is 17.3 Å². The number of amides is 1. The van der Waals surface area contributed by atoms with E-state index in [4.69, 9.17) is 16.3 Å².